The molecule has 0 unspecified atom stereocenters. The van der Waals surface area contributed by atoms with Gasteiger partial charge in [-0.15, -0.1) is 0 Å². The molecule has 16 heavy (non-hydrogen) atoms. The molecule has 2 rings (SSSR count). The lowest BCUT2D eigenvalue weighted by Gasteiger charge is -2.13. The zero-order valence-electron chi connectivity index (χ0n) is 9.93. The number of hydrogen-bond donors (Lipinski definition) is 0. The number of benzene rings is 1. The number of hydrogen-bond acceptors (Lipinski definition) is 1. The number of rotatable bonds is 4. The molecule has 1 aromatic carbocycles. The van der Waals surface area contributed by atoms with Crippen molar-refractivity contribution in [3.05, 3.63) is 59.9 Å². The summed E-state index contributed by atoms with van der Waals surface area (Å²) >= 11 is 0. The summed E-state index contributed by atoms with van der Waals surface area (Å²) in [4.78, 5) is 2.19. The fraction of sp³-hybridized carbons (Fsp3) is 0.286. The summed E-state index contributed by atoms with van der Waals surface area (Å²) in [7, 11) is 4.19. The zero-order valence-corrected chi connectivity index (χ0v) is 9.93. The summed E-state index contributed by atoms with van der Waals surface area (Å²) in [5.74, 6) is 0. The molecule has 0 radical (unpaired) electrons. The molecular weight excluding hydrogens is 196 g/mol. The molecule has 0 bridgehead atoms. The minimum atomic E-state index is 0.955. The second kappa shape index (κ2) is 4.99. The summed E-state index contributed by atoms with van der Waals surface area (Å²) in [6.45, 7) is 1.94. The van der Waals surface area contributed by atoms with E-state index in [2.05, 4.69) is 72.2 Å². The Hall–Kier alpha value is -1.54. The maximum Gasteiger partial charge on any atom is 0.0473 e. The van der Waals surface area contributed by atoms with Crippen molar-refractivity contribution in [2.24, 2.45) is 0 Å². The van der Waals surface area contributed by atoms with E-state index in [1.807, 2.05) is 0 Å². The van der Waals surface area contributed by atoms with Crippen LogP contribution in [0.3, 0.4) is 0 Å². The van der Waals surface area contributed by atoms with Crippen molar-refractivity contribution in [1.82, 2.24) is 9.47 Å². The van der Waals surface area contributed by atoms with Crippen molar-refractivity contribution < 1.29 is 0 Å². The fourth-order valence-electron chi connectivity index (χ4n) is 1.85. The average molecular weight is 214 g/mol. The van der Waals surface area contributed by atoms with E-state index in [9.17, 15) is 0 Å². The molecule has 0 aliphatic heterocycles. The Morgan fingerprint density at radius 3 is 2.44 bits per heavy atom. The fourth-order valence-corrected chi connectivity index (χ4v) is 1.85. The van der Waals surface area contributed by atoms with Gasteiger partial charge in [-0.25, -0.2) is 0 Å². The van der Waals surface area contributed by atoms with Gasteiger partial charge in [0.15, 0.2) is 0 Å². The second-order valence-corrected chi connectivity index (χ2v) is 4.35. The lowest BCUT2D eigenvalue weighted by molar-refractivity contribution is 0.389. The van der Waals surface area contributed by atoms with Crippen LogP contribution in [-0.4, -0.2) is 23.6 Å². The second-order valence-electron chi connectivity index (χ2n) is 4.35. The highest BCUT2D eigenvalue weighted by Crippen LogP contribution is 2.08. The molecule has 1 aromatic heterocycles. The van der Waals surface area contributed by atoms with Gasteiger partial charge in [-0.1, -0.05) is 30.3 Å². The third-order valence-electron chi connectivity index (χ3n) is 2.60. The molecule has 0 fully saturated rings. The van der Waals surface area contributed by atoms with Gasteiger partial charge < -0.3 is 9.47 Å². The van der Waals surface area contributed by atoms with Crippen LogP contribution in [0.5, 0.6) is 0 Å². The Labute approximate surface area is 97.1 Å². The van der Waals surface area contributed by atoms with E-state index in [1.165, 1.54) is 11.3 Å². The third-order valence-corrected chi connectivity index (χ3v) is 2.60. The Morgan fingerprint density at radius 1 is 1.00 bits per heavy atom. The molecule has 0 saturated carbocycles. The highest BCUT2D eigenvalue weighted by atomic mass is 15.1. The quantitative estimate of drug-likeness (QED) is 0.759. The van der Waals surface area contributed by atoms with Gasteiger partial charge in [-0.3, -0.25) is 0 Å². The van der Waals surface area contributed by atoms with E-state index in [1.54, 1.807) is 0 Å². The SMILES string of the molecule is CN(C)Cc1cccn1Cc1ccccc1. The van der Waals surface area contributed by atoms with Crippen molar-refractivity contribution in [2.45, 2.75) is 13.1 Å². The zero-order chi connectivity index (χ0) is 11.4. The Morgan fingerprint density at radius 2 is 1.75 bits per heavy atom. The molecule has 1 heterocycles. The van der Waals surface area contributed by atoms with Crippen molar-refractivity contribution >= 4 is 0 Å². The smallest absolute Gasteiger partial charge is 0.0473 e. The van der Waals surface area contributed by atoms with Gasteiger partial charge in [0.1, 0.15) is 0 Å². The van der Waals surface area contributed by atoms with E-state index >= 15 is 0 Å². The monoisotopic (exact) mass is 214 g/mol. The van der Waals surface area contributed by atoms with Crippen molar-refractivity contribution in [1.29, 1.82) is 0 Å². The maximum atomic E-state index is 2.30. The summed E-state index contributed by atoms with van der Waals surface area (Å²) in [6, 6.07) is 14.9. The summed E-state index contributed by atoms with van der Waals surface area (Å²) in [5, 5.41) is 0. The summed E-state index contributed by atoms with van der Waals surface area (Å²) in [5.41, 5.74) is 2.70. The molecule has 2 heteroatoms. The van der Waals surface area contributed by atoms with Crippen molar-refractivity contribution in [3.8, 4) is 0 Å². The Kier molecular flexibility index (Phi) is 3.42. The van der Waals surface area contributed by atoms with E-state index < -0.39 is 0 Å². The van der Waals surface area contributed by atoms with Gasteiger partial charge >= 0.3 is 0 Å². The number of aromatic nitrogens is 1. The van der Waals surface area contributed by atoms with E-state index in [0.717, 1.165) is 13.1 Å². The molecule has 0 N–H and O–H groups in total. The largest absolute Gasteiger partial charge is 0.346 e. The van der Waals surface area contributed by atoms with Crippen LogP contribution in [0.15, 0.2) is 48.7 Å². The molecular formula is C14H18N2. The van der Waals surface area contributed by atoms with Gasteiger partial charge in [0, 0.05) is 25.0 Å². The van der Waals surface area contributed by atoms with Gasteiger partial charge in [0.05, 0.1) is 0 Å². The minimum absolute atomic E-state index is 0.955. The highest BCUT2D eigenvalue weighted by Gasteiger charge is 2.02. The normalized spacial score (nSPS) is 10.9. The van der Waals surface area contributed by atoms with Crippen LogP contribution in [0.2, 0.25) is 0 Å². The van der Waals surface area contributed by atoms with Crippen LogP contribution in [0.4, 0.5) is 0 Å². The molecule has 2 aromatic rings. The third kappa shape index (κ3) is 2.74. The molecule has 0 aliphatic carbocycles. The molecule has 0 saturated heterocycles. The van der Waals surface area contributed by atoms with Gasteiger partial charge in [0.25, 0.3) is 0 Å². The molecule has 0 amide bonds. The lowest BCUT2D eigenvalue weighted by Crippen LogP contribution is -2.14. The van der Waals surface area contributed by atoms with Crippen LogP contribution >= 0.6 is 0 Å². The van der Waals surface area contributed by atoms with Gasteiger partial charge in [0.2, 0.25) is 0 Å². The van der Waals surface area contributed by atoms with E-state index in [0.29, 0.717) is 0 Å². The Bertz CT molecular complexity index is 429. The van der Waals surface area contributed by atoms with Gasteiger partial charge in [-0.2, -0.15) is 0 Å². The predicted molar refractivity (Wildman–Crippen MR) is 67.4 cm³/mol. The van der Waals surface area contributed by atoms with Crippen LogP contribution in [-0.2, 0) is 13.1 Å². The van der Waals surface area contributed by atoms with Crippen LogP contribution < -0.4 is 0 Å². The number of nitrogens with zero attached hydrogens (tertiary/aromatic N) is 2. The average Bonchev–Trinajstić information content (AvgIpc) is 2.66. The van der Waals surface area contributed by atoms with Crippen molar-refractivity contribution in [2.75, 3.05) is 14.1 Å². The molecule has 84 valence electrons. The van der Waals surface area contributed by atoms with Crippen LogP contribution in [0.1, 0.15) is 11.3 Å². The first-order valence-electron chi connectivity index (χ1n) is 5.58. The maximum absolute atomic E-state index is 2.30. The standard InChI is InChI=1S/C14H18N2/c1-15(2)12-14-9-6-10-16(14)11-13-7-4-3-5-8-13/h3-10H,11-12H2,1-2H3. The van der Waals surface area contributed by atoms with Crippen LogP contribution in [0, 0.1) is 0 Å². The van der Waals surface area contributed by atoms with E-state index in [4.69, 9.17) is 0 Å². The molecule has 2 nitrogen and oxygen atoms in total. The van der Waals surface area contributed by atoms with E-state index in [-0.39, 0.29) is 0 Å². The lowest BCUT2D eigenvalue weighted by atomic mass is 10.2. The highest BCUT2D eigenvalue weighted by molar-refractivity contribution is 5.17. The first-order chi connectivity index (χ1) is 7.75. The summed E-state index contributed by atoms with van der Waals surface area (Å²) < 4.78 is 2.30. The topological polar surface area (TPSA) is 8.17 Å². The molecule has 0 atom stereocenters. The molecule has 0 aliphatic rings. The summed E-state index contributed by atoms with van der Waals surface area (Å²) in [6.07, 6.45) is 2.14. The van der Waals surface area contributed by atoms with Crippen LogP contribution in [0.25, 0.3) is 0 Å². The Balaban J connectivity index is 2.13. The van der Waals surface area contributed by atoms with Gasteiger partial charge in [-0.05, 0) is 31.8 Å². The first kappa shape index (κ1) is 11.0. The predicted octanol–water partition coefficient (Wildman–Crippen LogP) is 2.60. The minimum Gasteiger partial charge on any atom is -0.346 e. The van der Waals surface area contributed by atoms with Crippen molar-refractivity contribution in [3.63, 3.8) is 0 Å². The molecule has 0 spiro atoms. The first-order valence-corrected chi connectivity index (χ1v) is 5.58.